The maximum Gasteiger partial charge on any atom is 0.306 e. The number of hydrogen-bond donors (Lipinski definition) is 6. The summed E-state index contributed by atoms with van der Waals surface area (Å²) in [7, 11) is 0. The number of carbonyl (C=O) groups excluding carboxylic acids is 2. The molecule has 0 aliphatic carbocycles. The van der Waals surface area contributed by atoms with Crippen LogP contribution in [0.5, 0.6) is 0 Å². The molecule has 486 valence electrons. The van der Waals surface area contributed by atoms with Crippen LogP contribution in [0.25, 0.3) is 0 Å². The van der Waals surface area contributed by atoms with E-state index in [-0.39, 0.29) is 19.4 Å². The minimum atomic E-state index is -1.63. The van der Waals surface area contributed by atoms with Gasteiger partial charge < -0.3 is 45.1 Å². The average Bonchev–Trinajstić information content (AvgIpc) is 3.51. The van der Waals surface area contributed by atoms with Crippen LogP contribution in [0.15, 0.2) is 122 Å². The Morgan fingerprint density at radius 2 is 0.847 bits per heavy atom. The topological polar surface area (TPSA) is 175 Å². The number of amides is 1. The molecule has 0 aromatic carbocycles. The van der Waals surface area contributed by atoms with Gasteiger partial charge in [-0.15, -0.1) is 0 Å². The number of rotatable bonds is 57. The lowest BCUT2D eigenvalue weighted by molar-refractivity contribution is -0.305. The second kappa shape index (κ2) is 60.3. The first-order valence-corrected chi connectivity index (χ1v) is 34.3. The van der Waals surface area contributed by atoms with Gasteiger partial charge in [-0.3, -0.25) is 9.59 Å². The Labute approximate surface area is 519 Å². The fraction of sp³-hybridized carbons (Fsp3) is 0.703. The number of carbonyl (C=O) groups is 2. The fourth-order valence-electron chi connectivity index (χ4n) is 9.96. The van der Waals surface area contributed by atoms with Crippen LogP contribution in [-0.2, 0) is 23.8 Å². The first kappa shape index (κ1) is 79.1. The largest absolute Gasteiger partial charge is 0.454 e. The maximum atomic E-state index is 13.4. The minimum absolute atomic E-state index is 0.109. The lowest BCUT2D eigenvalue weighted by Crippen LogP contribution is -2.61. The smallest absolute Gasteiger partial charge is 0.306 e. The Hall–Kier alpha value is -3.94. The minimum Gasteiger partial charge on any atom is -0.454 e. The zero-order valence-electron chi connectivity index (χ0n) is 53.9. The quantitative estimate of drug-likeness (QED) is 0.0195. The Morgan fingerprint density at radius 3 is 1.29 bits per heavy atom. The van der Waals surface area contributed by atoms with E-state index in [9.17, 15) is 35.1 Å². The molecule has 1 amide bonds. The summed E-state index contributed by atoms with van der Waals surface area (Å²) in [6.07, 6.45) is 73.8. The van der Waals surface area contributed by atoms with Gasteiger partial charge in [-0.25, -0.2) is 0 Å². The zero-order valence-corrected chi connectivity index (χ0v) is 53.9. The molecule has 85 heavy (non-hydrogen) atoms. The summed E-state index contributed by atoms with van der Waals surface area (Å²) >= 11 is 0. The van der Waals surface area contributed by atoms with Gasteiger partial charge in [-0.05, 0) is 116 Å². The monoisotopic (exact) mass is 1190 g/mol. The molecule has 8 atom stereocenters. The number of hydrogen-bond acceptors (Lipinski definition) is 10. The van der Waals surface area contributed by atoms with Gasteiger partial charge in [0, 0.05) is 6.42 Å². The summed E-state index contributed by atoms with van der Waals surface area (Å²) in [5, 5.41) is 57.1. The molecule has 11 heteroatoms. The van der Waals surface area contributed by atoms with E-state index >= 15 is 0 Å². The van der Waals surface area contributed by atoms with Gasteiger partial charge in [0.15, 0.2) is 12.4 Å². The Balaban J connectivity index is 2.59. The molecule has 6 N–H and O–H groups in total. The molecule has 1 fully saturated rings. The molecule has 0 radical (unpaired) electrons. The van der Waals surface area contributed by atoms with E-state index in [2.05, 4.69) is 135 Å². The van der Waals surface area contributed by atoms with Gasteiger partial charge >= 0.3 is 5.97 Å². The van der Waals surface area contributed by atoms with Gasteiger partial charge in [0.1, 0.15) is 24.4 Å². The van der Waals surface area contributed by atoms with E-state index in [1.807, 2.05) is 6.08 Å². The fourth-order valence-corrected chi connectivity index (χ4v) is 9.96. The first-order valence-electron chi connectivity index (χ1n) is 34.3. The van der Waals surface area contributed by atoms with Crippen LogP contribution in [0.1, 0.15) is 271 Å². The van der Waals surface area contributed by atoms with Crippen molar-refractivity contribution in [3.8, 4) is 0 Å². The predicted octanol–water partition coefficient (Wildman–Crippen LogP) is 17.4. The van der Waals surface area contributed by atoms with Crippen LogP contribution in [0.4, 0.5) is 0 Å². The second-order valence-corrected chi connectivity index (χ2v) is 23.2. The van der Waals surface area contributed by atoms with Crippen molar-refractivity contribution < 1.29 is 49.3 Å². The molecule has 0 bridgehead atoms. The molecule has 8 unspecified atom stereocenters. The van der Waals surface area contributed by atoms with Crippen LogP contribution in [0.2, 0.25) is 0 Å². The SMILES string of the molecule is CC/C=C\C/C=C\C/C=C\C/C=C\C/C=C\CCCCC(O)C(=O)NC(COC1OC(CO)C(O)C(O)C1OC(=O)CCCCCCCCCCCCC/C=C\C/C=C\C/C=C\C/C=C\CCCCC)C(O)/C=C/CCCCCCCCCCC. The van der Waals surface area contributed by atoms with E-state index in [4.69, 9.17) is 14.2 Å². The first-order chi connectivity index (χ1) is 41.7. The van der Waals surface area contributed by atoms with E-state index in [0.29, 0.717) is 12.8 Å². The van der Waals surface area contributed by atoms with Crippen molar-refractivity contribution in [2.24, 2.45) is 0 Å². The Bertz CT molecular complexity index is 1850. The summed E-state index contributed by atoms with van der Waals surface area (Å²) in [6, 6.07) is -1.05. The highest BCUT2D eigenvalue weighted by Gasteiger charge is 2.47. The number of aliphatic hydroxyl groups excluding tert-OH is 5. The summed E-state index contributed by atoms with van der Waals surface area (Å²) in [4.78, 5) is 26.6. The standard InChI is InChI=1S/C74H125NO10/c1-4-7-10-13-16-19-22-24-26-28-30-31-32-33-34-35-36-37-38-40-42-44-47-50-53-56-59-62-69(79)85-72-71(81)70(80)68(63-76)84-74(72)83-64-65(66(77)60-57-54-51-48-45-21-18-15-12-9-6-3)75-73(82)67(78)61-58-55-52-49-46-43-41-39-29-27-25-23-20-17-14-11-8-5-2/h8,11,16-17,19-20,24-27,30-31,33-34,39,41,46,49,57,60,65-68,70-72,74,76-78,80-81H,4-7,9-10,12-15,18,21-23,28-29,32,35-38,40,42-45,47-48,50-56,58-59,61-64H2,1-3H3,(H,75,82)/b11-8-,19-16-,20-17-,26-24-,27-25-,31-30-,34-33-,41-39-,49-46-,60-57+. The third-order valence-corrected chi connectivity index (χ3v) is 15.3. The summed E-state index contributed by atoms with van der Waals surface area (Å²) in [5.74, 6) is -1.24. The summed E-state index contributed by atoms with van der Waals surface area (Å²) in [5.41, 5.74) is 0. The van der Waals surface area contributed by atoms with Gasteiger partial charge in [-0.2, -0.15) is 0 Å². The van der Waals surface area contributed by atoms with Crippen LogP contribution in [0.3, 0.4) is 0 Å². The highest BCUT2D eigenvalue weighted by Crippen LogP contribution is 2.26. The molecule has 11 nitrogen and oxygen atoms in total. The third-order valence-electron chi connectivity index (χ3n) is 15.3. The van der Waals surface area contributed by atoms with Crippen LogP contribution < -0.4 is 5.32 Å². The van der Waals surface area contributed by atoms with Crippen molar-refractivity contribution >= 4 is 11.9 Å². The van der Waals surface area contributed by atoms with Crippen molar-refractivity contribution in [1.29, 1.82) is 0 Å². The number of unbranched alkanes of at least 4 members (excludes halogenated alkanes) is 25. The van der Waals surface area contributed by atoms with Crippen LogP contribution in [0, 0.1) is 0 Å². The van der Waals surface area contributed by atoms with Crippen molar-refractivity contribution in [3.63, 3.8) is 0 Å². The van der Waals surface area contributed by atoms with Crippen LogP contribution >= 0.6 is 0 Å². The van der Waals surface area contributed by atoms with Crippen molar-refractivity contribution in [2.45, 2.75) is 320 Å². The van der Waals surface area contributed by atoms with E-state index in [1.54, 1.807) is 6.08 Å². The Morgan fingerprint density at radius 1 is 0.471 bits per heavy atom. The number of allylic oxidation sites excluding steroid dienone is 19. The molecular formula is C74H125NO10. The molecule has 0 aromatic rings. The van der Waals surface area contributed by atoms with Gasteiger partial charge in [0.05, 0.1) is 25.4 Å². The Kier molecular flexibility index (Phi) is 56.1. The predicted molar refractivity (Wildman–Crippen MR) is 356 cm³/mol. The highest BCUT2D eigenvalue weighted by atomic mass is 16.7. The lowest BCUT2D eigenvalue weighted by Gasteiger charge is -2.41. The van der Waals surface area contributed by atoms with Gasteiger partial charge in [0.25, 0.3) is 0 Å². The molecular weight excluding hydrogens is 1060 g/mol. The lowest BCUT2D eigenvalue weighted by atomic mass is 9.99. The second-order valence-electron chi connectivity index (χ2n) is 23.2. The van der Waals surface area contributed by atoms with E-state index in [0.717, 1.165) is 122 Å². The van der Waals surface area contributed by atoms with Crippen LogP contribution in [-0.4, -0.2) is 99.6 Å². The normalized spacial score (nSPS) is 19.2. The molecule has 1 aliphatic heterocycles. The molecule has 1 heterocycles. The van der Waals surface area contributed by atoms with E-state index < -0.39 is 67.4 Å². The van der Waals surface area contributed by atoms with Gasteiger partial charge in [0.2, 0.25) is 5.91 Å². The molecule has 1 rings (SSSR count). The molecule has 0 spiro atoms. The average molecular weight is 1190 g/mol. The maximum absolute atomic E-state index is 13.4. The number of esters is 1. The zero-order chi connectivity index (χ0) is 61.7. The molecule has 0 saturated carbocycles. The summed E-state index contributed by atoms with van der Waals surface area (Å²) < 4.78 is 17.6. The van der Waals surface area contributed by atoms with Crippen molar-refractivity contribution in [2.75, 3.05) is 13.2 Å². The summed E-state index contributed by atoms with van der Waals surface area (Å²) in [6.45, 7) is 5.62. The number of nitrogens with one attached hydrogen (secondary N) is 1. The molecule has 1 saturated heterocycles. The van der Waals surface area contributed by atoms with Crippen molar-refractivity contribution in [3.05, 3.63) is 122 Å². The third kappa shape index (κ3) is 47.8. The number of aliphatic hydroxyl groups is 5. The van der Waals surface area contributed by atoms with Crippen molar-refractivity contribution in [1.82, 2.24) is 5.32 Å². The molecule has 0 aromatic heterocycles. The highest BCUT2D eigenvalue weighted by molar-refractivity contribution is 5.80. The number of ether oxygens (including phenoxy) is 3. The van der Waals surface area contributed by atoms with E-state index in [1.165, 1.54) is 103 Å². The molecule has 1 aliphatic rings. The van der Waals surface area contributed by atoms with Gasteiger partial charge in [-0.1, -0.05) is 271 Å².